The van der Waals surface area contributed by atoms with Gasteiger partial charge in [-0.05, 0) is 66.2 Å². The zero-order valence-corrected chi connectivity index (χ0v) is 10.2. The Hall–Kier alpha value is -0.0200. The van der Waals surface area contributed by atoms with Crippen molar-refractivity contribution in [1.29, 1.82) is 0 Å². The third-order valence-electron chi connectivity index (χ3n) is 1.98. The zero-order valence-electron chi connectivity index (χ0n) is 7.04. The van der Waals surface area contributed by atoms with Gasteiger partial charge in [0.25, 0.3) is 0 Å². The molecule has 0 aromatic heterocycles. The highest BCUT2D eigenvalue weighted by Gasteiger charge is 2.04. The van der Waals surface area contributed by atoms with Gasteiger partial charge in [-0.2, -0.15) is 0 Å². The maximum absolute atomic E-state index is 5.76. The van der Waals surface area contributed by atoms with E-state index in [1.807, 2.05) is 12.1 Å². The van der Waals surface area contributed by atoms with Crippen LogP contribution in [0.4, 0.5) is 0 Å². The molecule has 72 valence electrons. The van der Waals surface area contributed by atoms with Gasteiger partial charge in [0.2, 0.25) is 0 Å². The average molecular weight is 261 g/mol. The van der Waals surface area contributed by atoms with Crippen molar-refractivity contribution in [2.75, 3.05) is 0 Å². The molecule has 0 unspecified atom stereocenters. The van der Waals surface area contributed by atoms with Crippen LogP contribution in [0.3, 0.4) is 0 Å². The Morgan fingerprint density at radius 1 is 0.786 bits per heavy atom. The lowest BCUT2D eigenvalue weighted by Gasteiger charge is -2.04. The number of rotatable bonds is 2. The molecule has 0 saturated carbocycles. The molecule has 0 aliphatic rings. The molecule has 0 spiro atoms. The molecule has 2 aromatic carbocycles. The number of benzene rings is 2. The van der Waals surface area contributed by atoms with Crippen LogP contribution in [0.25, 0.3) is 10.8 Å². The van der Waals surface area contributed by atoms with Gasteiger partial charge in [0.1, 0.15) is 0 Å². The second-order valence-corrected chi connectivity index (χ2v) is 4.91. The molecule has 14 heavy (non-hydrogen) atoms. The first-order valence-electron chi connectivity index (χ1n) is 3.95. The molecule has 0 radical (unpaired) electrons. The molecule has 2 rings (SSSR count). The molecule has 0 bridgehead atoms. The summed E-state index contributed by atoms with van der Waals surface area (Å²) < 4.78 is 0. The Kier molecular flexibility index (Phi) is 3.50. The van der Waals surface area contributed by atoms with Crippen LogP contribution in [-0.2, 0) is 0 Å². The van der Waals surface area contributed by atoms with Crippen molar-refractivity contribution in [2.24, 2.45) is 0 Å². The van der Waals surface area contributed by atoms with Gasteiger partial charge < -0.3 is 0 Å². The number of hydrogen-bond donors (Lipinski definition) is 0. The van der Waals surface area contributed by atoms with Gasteiger partial charge in [-0.1, -0.05) is 24.3 Å². The van der Waals surface area contributed by atoms with Crippen molar-refractivity contribution in [2.45, 2.75) is 9.79 Å². The number of halogens is 2. The Morgan fingerprint density at radius 2 is 1.21 bits per heavy atom. The average Bonchev–Trinajstić information content (AvgIpc) is 2.27. The number of fused-ring (bicyclic) bond motifs is 1. The third kappa shape index (κ3) is 1.98. The summed E-state index contributed by atoms with van der Waals surface area (Å²) in [5, 5.41) is 2.37. The van der Waals surface area contributed by atoms with Gasteiger partial charge >= 0.3 is 0 Å². The molecule has 0 heterocycles. The van der Waals surface area contributed by atoms with E-state index >= 15 is 0 Å². The minimum atomic E-state index is 1.00. The monoisotopic (exact) mass is 260 g/mol. The summed E-state index contributed by atoms with van der Waals surface area (Å²) in [6.07, 6.45) is 0. The first-order valence-corrected chi connectivity index (χ1v) is 7.23. The van der Waals surface area contributed by atoms with Crippen molar-refractivity contribution in [3.05, 3.63) is 36.4 Å². The lowest BCUT2D eigenvalue weighted by Crippen LogP contribution is -1.77. The van der Waals surface area contributed by atoms with Gasteiger partial charge in [0.15, 0.2) is 0 Å². The van der Waals surface area contributed by atoms with E-state index in [9.17, 15) is 0 Å². The van der Waals surface area contributed by atoms with E-state index in [0.29, 0.717) is 0 Å². The fourth-order valence-corrected chi connectivity index (χ4v) is 3.22. The minimum Gasteiger partial charge on any atom is -0.0616 e. The van der Waals surface area contributed by atoms with Gasteiger partial charge in [-0.15, -0.1) is 0 Å². The lowest BCUT2D eigenvalue weighted by molar-refractivity contribution is 1.30. The van der Waals surface area contributed by atoms with Crippen molar-refractivity contribution < 1.29 is 0 Å². The molecule has 0 atom stereocenters. The van der Waals surface area contributed by atoms with Crippen LogP contribution in [0.15, 0.2) is 46.2 Å². The lowest BCUT2D eigenvalue weighted by atomic mass is 10.1. The van der Waals surface area contributed by atoms with Gasteiger partial charge in [-0.3, -0.25) is 0 Å². The maximum atomic E-state index is 5.76. The summed E-state index contributed by atoms with van der Waals surface area (Å²) >= 11 is 0. The van der Waals surface area contributed by atoms with Crippen LogP contribution < -0.4 is 0 Å². The third-order valence-corrected chi connectivity index (χ3v) is 4.11. The molecule has 0 amide bonds. The van der Waals surface area contributed by atoms with E-state index in [2.05, 4.69) is 24.3 Å². The standard InChI is InChI=1S/C10H6Cl2S2/c11-13-9-5-7-3-1-2-4-8(7)6-10(9)14-12/h1-6H. The Morgan fingerprint density at radius 3 is 1.57 bits per heavy atom. The largest absolute Gasteiger partial charge is 0.0616 e. The molecule has 0 aliphatic carbocycles. The normalized spacial score (nSPS) is 10.7. The van der Waals surface area contributed by atoms with E-state index in [-0.39, 0.29) is 0 Å². The quantitative estimate of drug-likeness (QED) is 0.716. The maximum Gasteiger partial charge on any atom is 0.0387 e. The highest BCUT2D eigenvalue weighted by molar-refractivity contribution is 8.23. The summed E-state index contributed by atoms with van der Waals surface area (Å²) in [6.45, 7) is 0. The topological polar surface area (TPSA) is 0 Å². The SMILES string of the molecule is ClSc1cc2ccccc2cc1SCl. The fraction of sp³-hybridized carbons (Fsp3) is 0. The summed E-state index contributed by atoms with van der Waals surface area (Å²) in [5.74, 6) is 0. The molecule has 0 nitrogen and oxygen atoms in total. The van der Waals surface area contributed by atoms with Gasteiger partial charge in [0.05, 0.1) is 0 Å². The first kappa shape index (κ1) is 10.5. The van der Waals surface area contributed by atoms with Crippen molar-refractivity contribution in [3.63, 3.8) is 0 Å². The van der Waals surface area contributed by atoms with E-state index < -0.39 is 0 Å². The summed E-state index contributed by atoms with van der Waals surface area (Å²) in [7, 11) is 13.9. The Balaban J connectivity index is 2.69. The van der Waals surface area contributed by atoms with E-state index in [1.54, 1.807) is 0 Å². The van der Waals surface area contributed by atoms with Crippen LogP contribution in [0.2, 0.25) is 0 Å². The molecular formula is C10H6Cl2S2. The van der Waals surface area contributed by atoms with E-state index in [0.717, 1.165) is 9.79 Å². The summed E-state index contributed by atoms with van der Waals surface area (Å²) in [4.78, 5) is 2.01. The zero-order chi connectivity index (χ0) is 9.97. The fourth-order valence-electron chi connectivity index (χ4n) is 1.32. The van der Waals surface area contributed by atoms with E-state index in [4.69, 9.17) is 21.4 Å². The Bertz CT molecular complexity index is 414. The minimum absolute atomic E-state index is 1.00. The second-order valence-electron chi connectivity index (χ2n) is 2.80. The van der Waals surface area contributed by atoms with Crippen LogP contribution in [0.1, 0.15) is 0 Å². The van der Waals surface area contributed by atoms with Crippen molar-refractivity contribution in [3.8, 4) is 0 Å². The predicted octanol–water partition coefficient (Wildman–Crippen LogP) is 5.33. The molecule has 0 saturated heterocycles. The smallest absolute Gasteiger partial charge is 0.0387 e. The highest BCUT2D eigenvalue weighted by atomic mass is 35.7. The first-order chi connectivity index (χ1) is 6.85. The van der Waals surface area contributed by atoms with Crippen LogP contribution in [0, 0.1) is 0 Å². The van der Waals surface area contributed by atoms with Crippen molar-refractivity contribution >= 4 is 54.1 Å². The highest BCUT2D eigenvalue weighted by Crippen LogP contribution is 2.37. The molecular weight excluding hydrogens is 255 g/mol. The number of hydrogen-bond acceptors (Lipinski definition) is 2. The Labute approximate surface area is 100.0 Å². The van der Waals surface area contributed by atoms with Crippen LogP contribution in [-0.4, -0.2) is 0 Å². The van der Waals surface area contributed by atoms with Crippen LogP contribution in [0.5, 0.6) is 0 Å². The van der Waals surface area contributed by atoms with Gasteiger partial charge in [-0.25, -0.2) is 0 Å². The molecule has 2 aromatic rings. The molecule has 0 N–H and O–H groups in total. The second kappa shape index (κ2) is 4.67. The molecule has 4 heteroatoms. The van der Waals surface area contributed by atoms with E-state index in [1.165, 1.54) is 32.7 Å². The molecule has 0 fully saturated rings. The van der Waals surface area contributed by atoms with Gasteiger partial charge in [0, 0.05) is 9.79 Å². The summed E-state index contributed by atoms with van der Waals surface area (Å²) in [6, 6.07) is 12.3. The van der Waals surface area contributed by atoms with Crippen molar-refractivity contribution in [1.82, 2.24) is 0 Å². The summed E-state index contributed by atoms with van der Waals surface area (Å²) in [5.41, 5.74) is 0. The predicted molar refractivity (Wildman–Crippen MR) is 67.4 cm³/mol. The van der Waals surface area contributed by atoms with Crippen LogP contribution >= 0.6 is 43.3 Å². The molecule has 0 aliphatic heterocycles.